The van der Waals surface area contributed by atoms with Gasteiger partial charge in [0.25, 0.3) is 0 Å². The normalized spacial score (nSPS) is 12.6. The Hall–Kier alpha value is -11.7. The zero-order valence-corrected chi connectivity index (χ0v) is 49.6. The second kappa shape index (κ2) is 20.2. The van der Waals surface area contributed by atoms with E-state index >= 15 is 0 Å². The minimum atomic E-state index is -0.102. The van der Waals surface area contributed by atoms with Crippen LogP contribution in [0.25, 0.3) is 161 Å². The Labute approximate surface area is 520 Å². The number of para-hydroxylation sites is 2. The monoisotopic (exact) mass is 1150 g/mol. The summed E-state index contributed by atoms with van der Waals surface area (Å²) in [4.78, 5) is 15.2. The van der Waals surface area contributed by atoms with Crippen LogP contribution < -0.4 is 0 Å². The first-order valence-electron chi connectivity index (χ1n) is 30.9. The molecule has 0 saturated carbocycles. The van der Waals surface area contributed by atoms with Gasteiger partial charge in [-0.25, -0.2) is 15.0 Å². The van der Waals surface area contributed by atoms with Crippen LogP contribution in [-0.4, -0.2) is 28.7 Å². The molecule has 4 heterocycles. The SMILES string of the molecule is CC1(C)c2ccccc2-c2ccc(-n3c4ccccc4c4cc(-c5ccc6c(c5)c5cc(-c7ccccc7)ccc5n6-c5cccc(-n6c7ccccc7c7c(-c8cccc(-c9nc(-c%10ccccc%10)nc(-c%10ccccc%10)n9)c8)cccc76)c5)ccc43)cc21. The third-order valence-corrected chi connectivity index (χ3v) is 18.9. The van der Waals surface area contributed by atoms with Crippen molar-refractivity contribution >= 4 is 65.4 Å². The van der Waals surface area contributed by atoms with Crippen molar-refractivity contribution in [3.63, 3.8) is 0 Å². The lowest BCUT2D eigenvalue weighted by Crippen LogP contribution is -2.15. The Morgan fingerprint density at radius 3 is 1.28 bits per heavy atom. The quantitative estimate of drug-likeness (QED) is 0.145. The molecule has 6 heteroatoms. The molecule has 422 valence electrons. The highest BCUT2D eigenvalue weighted by Crippen LogP contribution is 2.50. The molecule has 4 aromatic heterocycles. The second-order valence-electron chi connectivity index (χ2n) is 24.3. The minimum Gasteiger partial charge on any atom is -0.309 e. The summed E-state index contributed by atoms with van der Waals surface area (Å²) < 4.78 is 7.35. The van der Waals surface area contributed by atoms with Crippen LogP contribution >= 0.6 is 0 Å². The highest BCUT2D eigenvalue weighted by atomic mass is 15.0. The van der Waals surface area contributed by atoms with Crippen molar-refractivity contribution in [1.29, 1.82) is 0 Å². The summed E-state index contributed by atoms with van der Waals surface area (Å²) in [7, 11) is 0. The van der Waals surface area contributed by atoms with Gasteiger partial charge in [-0.15, -0.1) is 0 Å². The van der Waals surface area contributed by atoms with Crippen LogP contribution in [0.1, 0.15) is 25.0 Å². The number of benzene rings is 13. The third kappa shape index (κ3) is 8.08. The van der Waals surface area contributed by atoms with Gasteiger partial charge in [0.15, 0.2) is 17.5 Å². The fourth-order valence-corrected chi connectivity index (χ4v) is 14.6. The van der Waals surface area contributed by atoms with Crippen LogP contribution in [0.15, 0.2) is 303 Å². The number of hydrogen-bond acceptors (Lipinski definition) is 3. The molecule has 0 N–H and O–H groups in total. The Morgan fingerprint density at radius 1 is 0.233 bits per heavy atom. The molecular formula is C84H56N6. The molecule has 0 saturated heterocycles. The van der Waals surface area contributed by atoms with Crippen molar-refractivity contribution in [2.75, 3.05) is 0 Å². The molecule has 0 fully saturated rings. The standard InChI is InChI=1S/C84H56N6/c1-84(2)72-35-15-12-31-65(72)66-43-42-63(52-73(66)84)89-74-36-16-13-32-67(74)69-49-57(40-45-76(69)89)58-41-46-78-71(50-58)70-48-56(53-21-6-3-7-22-53)39-44-77(70)88(78)61-29-19-30-62(51-61)90-75-37-17-14-33-68(75)80-64(34-20-38-79(80)90)59-27-18-28-60(47-59)83-86-81(54-23-8-4-9-24-54)85-82(87-83)55-25-10-5-11-26-55/h3-52H,1-2H3. The van der Waals surface area contributed by atoms with Gasteiger partial charge in [-0.3, -0.25) is 0 Å². The molecule has 0 amide bonds. The zero-order chi connectivity index (χ0) is 59.6. The molecule has 13 aromatic carbocycles. The Morgan fingerprint density at radius 2 is 0.644 bits per heavy atom. The third-order valence-electron chi connectivity index (χ3n) is 18.9. The van der Waals surface area contributed by atoms with Crippen LogP contribution in [0.3, 0.4) is 0 Å². The predicted molar refractivity (Wildman–Crippen MR) is 373 cm³/mol. The van der Waals surface area contributed by atoms with E-state index in [1.54, 1.807) is 0 Å². The van der Waals surface area contributed by atoms with Gasteiger partial charge in [-0.05, 0) is 147 Å². The van der Waals surface area contributed by atoms with Crippen molar-refractivity contribution in [3.05, 3.63) is 314 Å². The van der Waals surface area contributed by atoms with Gasteiger partial charge in [0.2, 0.25) is 0 Å². The molecule has 0 bridgehead atoms. The Kier molecular flexibility index (Phi) is 11.5. The summed E-state index contributed by atoms with van der Waals surface area (Å²) in [6.45, 7) is 4.72. The number of nitrogens with zero attached hydrogens (tertiary/aromatic N) is 6. The fraction of sp³-hybridized carbons (Fsp3) is 0.0357. The van der Waals surface area contributed by atoms with Gasteiger partial charge in [-0.2, -0.15) is 0 Å². The Balaban J connectivity index is 0.760. The molecule has 1 aliphatic rings. The van der Waals surface area contributed by atoms with E-state index in [0.717, 1.165) is 61.3 Å². The summed E-state index contributed by atoms with van der Waals surface area (Å²) in [5.41, 5.74) is 25.3. The van der Waals surface area contributed by atoms with E-state index in [1.807, 2.05) is 60.7 Å². The van der Waals surface area contributed by atoms with Crippen LogP contribution in [0.4, 0.5) is 0 Å². The number of fused-ring (bicyclic) bond motifs is 12. The van der Waals surface area contributed by atoms with Crippen molar-refractivity contribution < 1.29 is 0 Å². The summed E-state index contributed by atoms with van der Waals surface area (Å²) in [6, 6.07) is 110. The molecule has 0 aliphatic heterocycles. The van der Waals surface area contributed by atoms with Crippen molar-refractivity contribution in [1.82, 2.24) is 28.7 Å². The van der Waals surface area contributed by atoms with E-state index in [4.69, 9.17) is 15.0 Å². The van der Waals surface area contributed by atoms with E-state index in [9.17, 15) is 0 Å². The first-order valence-corrected chi connectivity index (χ1v) is 30.9. The van der Waals surface area contributed by atoms with E-state index in [2.05, 4.69) is 270 Å². The molecule has 18 rings (SSSR count). The molecule has 0 spiro atoms. The van der Waals surface area contributed by atoms with E-state index < -0.39 is 0 Å². The van der Waals surface area contributed by atoms with E-state index in [1.165, 1.54) is 93.5 Å². The van der Waals surface area contributed by atoms with Gasteiger partial charge in [-0.1, -0.05) is 226 Å². The lowest BCUT2D eigenvalue weighted by Gasteiger charge is -2.22. The number of rotatable bonds is 9. The predicted octanol–water partition coefficient (Wildman–Crippen LogP) is 21.5. The molecule has 0 radical (unpaired) electrons. The highest BCUT2D eigenvalue weighted by molar-refractivity contribution is 6.17. The van der Waals surface area contributed by atoms with Crippen molar-refractivity contribution in [3.8, 4) is 95.7 Å². The molecule has 17 aromatic rings. The van der Waals surface area contributed by atoms with Crippen LogP contribution in [-0.2, 0) is 5.41 Å². The molecular weight excluding hydrogens is 1090 g/mol. The smallest absolute Gasteiger partial charge is 0.164 e. The van der Waals surface area contributed by atoms with Gasteiger partial charge < -0.3 is 13.7 Å². The van der Waals surface area contributed by atoms with Crippen molar-refractivity contribution in [2.45, 2.75) is 19.3 Å². The van der Waals surface area contributed by atoms with Gasteiger partial charge >= 0.3 is 0 Å². The molecule has 0 atom stereocenters. The highest BCUT2D eigenvalue weighted by Gasteiger charge is 2.35. The zero-order valence-electron chi connectivity index (χ0n) is 49.6. The average Bonchev–Trinajstić information content (AvgIpc) is 1.62. The first kappa shape index (κ1) is 51.5. The summed E-state index contributed by atoms with van der Waals surface area (Å²) in [5.74, 6) is 1.89. The molecule has 90 heavy (non-hydrogen) atoms. The maximum atomic E-state index is 5.11. The summed E-state index contributed by atoms with van der Waals surface area (Å²) >= 11 is 0. The van der Waals surface area contributed by atoms with Gasteiger partial charge in [0, 0.05) is 71.5 Å². The lowest BCUT2D eigenvalue weighted by atomic mass is 9.82. The summed E-state index contributed by atoms with van der Waals surface area (Å²) in [6.07, 6.45) is 0. The van der Waals surface area contributed by atoms with E-state index in [0.29, 0.717) is 17.5 Å². The second-order valence-corrected chi connectivity index (χ2v) is 24.3. The van der Waals surface area contributed by atoms with E-state index in [-0.39, 0.29) is 5.41 Å². The molecule has 1 aliphatic carbocycles. The Bertz CT molecular complexity index is 5690. The molecule has 0 unspecified atom stereocenters. The van der Waals surface area contributed by atoms with Crippen LogP contribution in [0, 0.1) is 0 Å². The fourth-order valence-electron chi connectivity index (χ4n) is 14.6. The minimum absolute atomic E-state index is 0.102. The van der Waals surface area contributed by atoms with Crippen molar-refractivity contribution in [2.24, 2.45) is 0 Å². The number of hydrogen-bond donors (Lipinski definition) is 0. The topological polar surface area (TPSA) is 53.5 Å². The van der Waals surface area contributed by atoms with Crippen LogP contribution in [0.5, 0.6) is 0 Å². The largest absolute Gasteiger partial charge is 0.309 e. The molecule has 6 nitrogen and oxygen atoms in total. The first-order chi connectivity index (χ1) is 44.4. The lowest BCUT2D eigenvalue weighted by molar-refractivity contribution is 0.660. The maximum Gasteiger partial charge on any atom is 0.164 e. The summed E-state index contributed by atoms with van der Waals surface area (Å²) in [5, 5.41) is 7.23. The number of aromatic nitrogens is 6. The van der Waals surface area contributed by atoms with Crippen LogP contribution in [0.2, 0.25) is 0 Å². The maximum absolute atomic E-state index is 5.11. The van der Waals surface area contributed by atoms with Gasteiger partial charge in [0.1, 0.15) is 0 Å². The van der Waals surface area contributed by atoms with Gasteiger partial charge in [0.05, 0.1) is 33.1 Å². The average molecular weight is 1150 g/mol.